The first-order valence-electron chi connectivity index (χ1n) is 7.11. The molecule has 0 saturated heterocycles. The second-order valence-corrected chi connectivity index (χ2v) is 5.48. The number of nitrogens with zero attached hydrogens (tertiary/aromatic N) is 1. The molecule has 2 aromatic carbocycles. The summed E-state index contributed by atoms with van der Waals surface area (Å²) in [5, 5.41) is 10.5. The number of hydrogen-bond donors (Lipinski definition) is 1. The average Bonchev–Trinajstić information content (AvgIpc) is 2.47. The van der Waals surface area contributed by atoms with Gasteiger partial charge in [0.05, 0.1) is 13.2 Å². The molecule has 3 nitrogen and oxygen atoms in total. The number of ether oxygens (including phenoxy) is 1. The molecule has 0 radical (unpaired) electrons. The van der Waals surface area contributed by atoms with E-state index in [1.165, 1.54) is 5.56 Å². The Morgan fingerprint density at radius 2 is 1.67 bits per heavy atom. The van der Waals surface area contributed by atoms with Crippen LogP contribution in [0.3, 0.4) is 0 Å². The Hall–Kier alpha value is -2.00. The molecule has 0 spiro atoms. The van der Waals surface area contributed by atoms with Gasteiger partial charge in [-0.2, -0.15) is 0 Å². The number of aryl methyl sites for hydroxylation is 2. The highest BCUT2D eigenvalue weighted by molar-refractivity contribution is 5.47. The predicted molar refractivity (Wildman–Crippen MR) is 87.1 cm³/mol. The molecule has 3 heteroatoms. The summed E-state index contributed by atoms with van der Waals surface area (Å²) >= 11 is 0. The van der Waals surface area contributed by atoms with Gasteiger partial charge in [-0.25, -0.2) is 0 Å². The molecule has 0 fully saturated rings. The first kappa shape index (κ1) is 15.4. The number of anilines is 1. The fourth-order valence-corrected chi connectivity index (χ4v) is 2.38. The van der Waals surface area contributed by atoms with E-state index in [0.717, 1.165) is 22.6 Å². The van der Waals surface area contributed by atoms with Crippen molar-refractivity contribution in [2.45, 2.75) is 20.0 Å². The van der Waals surface area contributed by atoms with Crippen molar-refractivity contribution in [3.63, 3.8) is 0 Å². The molecule has 1 unspecified atom stereocenters. The van der Waals surface area contributed by atoms with E-state index in [4.69, 9.17) is 4.74 Å². The first-order chi connectivity index (χ1) is 10.0. The maximum Gasteiger partial charge on any atom is 0.124 e. The Balaban J connectivity index is 2.15. The Kier molecular flexibility index (Phi) is 4.86. The molecule has 0 aromatic heterocycles. The minimum Gasteiger partial charge on any atom is -0.496 e. The van der Waals surface area contributed by atoms with Crippen LogP contribution in [0.2, 0.25) is 0 Å². The van der Waals surface area contributed by atoms with Gasteiger partial charge in [0.2, 0.25) is 0 Å². The van der Waals surface area contributed by atoms with Gasteiger partial charge in [-0.15, -0.1) is 0 Å². The summed E-state index contributed by atoms with van der Waals surface area (Å²) in [5.41, 5.74) is 4.26. The van der Waals surface area contributed by atoms with Crippen molar-refractivity contribution in [3.05, 3.63) is 59.2 Å². The van der Waals surface area contributed by atoms with Crippen LogP contribution in [0.25, 0.3) is 0 Å². The van der Waals surface area contributed by atoms with E-state index in [1.807, 2.05) is 37.1 Å². The molecule has 0 bridgehead atoms. The largest absolute Gasteiger partial charge is 0.496 e. The van der Waals surface area contributed by atoms with Gasteiger partial charge in [0.1, 0.15) is 5.75 Å². The van der Waals surface area contributed by atoms with E-state index < -0.39 is 6.10 Å². The molecule has 2 aromatic rings. The highest BCUT2D eigenvalue weighted by Crippen LogP contribution is 2.27. The Morgan fingerprint density at radius 1 is 1.05 bits per heavy atom. The number of hydrogen-bond acceptors (Lipinski definition) is 3. The average molecular weight is 285 g/mol. The van der Waals surface area contributed by atoms with Gasteiger partial charge in [0.25, 0.3) is 0 Å². The van der Waals surface area contributed by atoms with Gasteiger partial charge in [0.15, 0.2) is 0 Å². The monoisotopic (exact) mass is 285 g/mol. The lowest BCUT2D eigenvalue weighted by molar-refractivity contribution is 0.180. The molecule has 112 valence electrons. The SMILES string of the molecule is COc1ccc(C)cc1C(O)CN(C)c1ccc(C)cc1. The number of benzene rings is 2. The Morgan fingerprint density at radius 3 is 2.29 bits per heavy atom. The van der Waals surface area contributed by atoms with Crippen LogP contribution < -0.4 is 9.64 Å². The number of likely N-dealkylation sites (N-methyl/N-ethyl adjacent to an activating group) is 1. The van der Waals surface area contributed by atoms with Crippen LogP contribution in [-0.2, 0) is 0 Å². The fourth-order valence-electron chi connectivity index (χ4n) is 2.38. The lowest BCUT2D eigenvalue weighted by Gasteiger charge is -2.24. The number of methoxy groups -OCH3 is 1. The van der Waals surface area contributed by atoms with Crippen molar-refractivity contribution in [2.75, 3.05) is 25.6 Å². The van der Waals surface area contributed by atoms with Crippen LogP contribution in [0, 0.1) is 13.8 Å². The quantitative estimate of drug-likeness (QED) is 0.913. The molecule has 1 N–H and O–H groups in total. The molecule has 0 saturated carbocycles. The third-order valence-electron chi connectivity index (χ3n) is 3.67. The summed E-state index contributed by atoms with van der Waals surface area (Å²) in [6.07, 6.45) is -0.592. The molecule has 1 atom stereocenters. The highest BCUT2D eigenvalue weighted by atomic mass is 16.5. The van der Waals surface area contributed by atoms with Crippen LogP contribution in [-0.4, -0.2) is 25.8 Å². The molecule has 21 heavy (non-hydrogen) atoms. The smallest absolute Gasteiger partial charge is 0.124 e. The van der Waals surface area contributed by atoms with E-state index in [0.29, 0.717) is 6.54 Å². The van der Waals surface area contributed by atoms with Crippen LogP contribution in [0.1, 0.15) is 22.8 Å². The van der Waals surface area contributed by atoms with E-state index in [1.54, 1.807) is 7.11 Å². The molecule has 0 heterocycles. The third kappa shape index (κ3) is 3.76. The van der Waals surface area contributed by atoms with Gasteiger partial charge < -0.3 is 14.7 Å². The van der Waals surface area contributed by atoms with E-state index in [-0.39, 0.29) is 0 Å². The zero-order chi connectivity index (χ0) is 15.4. The standard InChI is InChI=1S/C18H23NO2/c1-13-5-8-15(9-6-13)19(3)12-17(20)16-11-14(2)7-10-18(16)21-4/h5-11,17,20H,12H2,1-4H3. The minimum absolute atomic E-state index is 0.517. The lowest BCUT2D eigenvalue weighted by Crippen LogP contribution is -2.24. The molecular weight excluding hydrogens is 262 g/mol. The fraction of sp³-hybridized carbons (Fsp3) is 0.333. The summed E-state index contributed by atoms with van der Waals surface area (Å²) in [4.78, 5) is 2.05. The minimum atomic E-state index is -0.592. The van der Waals surface area contributed by atoms with Crippen molar-refractivity contribution in [3.8, 4) is 5.75 Å². The molecule has 2 rings (SSSR count). The molecule has 0 aliphatic rings. The van der Waals surface area contributed by atoms with Crippen LogP contribution >= 0.6 is 0 Å². The Bertz CT molecular complexity index is 593. The number of aliphatic hydroxyl groups excluding tert-OH is 1. The predicted octanol–water partition coefficient (Wildman–Crippen LogP) is 3.48. The second-order valence-electron chi connectivity index (χ2n) is 5.48. The van der Waals surface area contributed by atoms with Crippen LogP contribution in [0.5, 0.6) is 5.75 Å². The topological polar surface area (TPSA) is 32.7 Å². The van der Waals surface area contributed by atoms with Crippen LogP contribution in [0.15, 0.2) is 42.5 Å². The van der Waals surface area contributed by atoms with E-state index in [2.05, 4.69) is 31.2 Å². The van der Waals surface area contributed by atoms with Gasteiger partial charge in [-0.1, -0.05) is 29.3 Å². The summed E-state index contributed by atoms with van der Waals surface area (Å²) in [7, 11) is 3.61. The molecular formula is C18H23NO2. The second kappa shape index (κ2) is 6.64. The lowest BCUT2D eigenvalue weighted by atomic mass is 10.0. The van der Waals surface area contributed by atoms with Crippen molar-refractivity contribution in [1.82, 2.24) is 0 Å². The summed E-state index contributed by atoms with van der Waals surface area (Å²) in [6.45, 7) is 4.60. The molecule has 0 aliphatic carbocycles. The first-order valence-corrected chi connectivity index (χ1v) is 7.11. The van der Waals surface area contributed by atoms with Crippen LogP contribution in [0.4, 0.5) is 5.69 Å². The zero-order valence-corrected chi connectivity index (χ0v) is 13.1. The van der Waals surface area contributed by atoms with Crippen molar-refractivity contribution < 1.29 is 9.84 Å². The van der Waals surface area contributed by atoms with Gasteiger partial charge >= 0.3 is 0 Å². The molecule has 0 aliphatic heterocycles. The number of rotatable bonds is 5. The summed E-state index contributed by atoms with van der Waals surface area (Å²) in [6, 6.07) is 14.1. The highest BCUT2D eigenvalue weighted by Gasteiger charge is 2.16. The van der Waals surface area contributed by atoms with Gasteiger partial charge in [0, 0.05) is 24.8 Å². The maximum atomic E-state index is 10.5. The summed E-state index contributed by atoms with van der Waals surface area (Å²) < 4.78 is 5.35. The van der Waals surface area contributed by atoms with Crippen molar-refractivity contribution in [1.29, 1.82) is 0 Å². The summed E-state index contributed by atoms with van der Waals surface area (Å²) in [5.74, 6) is 0.727. The van der Waals surface area contributed by atoms with E-state index >= 15 is 0 Å². The Labute approximate surface area is 126 Å². The third-order valence-corrected chi connectivity index (χ3v) is 3.67. The van der Waals surface area contributed by atoms with Crippen molar-refractivity contribution >= 4 is 5.69 Å². The number of aliphatic hydroxyl groups is 1. The zero-order valence-electron chi connectivity index (χ0n) is 13.1. The van der Waals surface area contributed by atoms with Gasteiger partial charge in [-0.3, -0.25) is 0 Å². The van der Waals surface area contributed by atoms with E-state index in [9.17, 15) is 5.11 Å². The normalized spacial score (nSPS) is 12.0. The molecule has 0 amide bonds. The van der Waals surface area contributed by atoms with Gasteiger partial charge in [-0.05, 0) is 38.1 Å². The maximum absolute atomic E-state index is 10.5. The van der Waals surface area contributed by atoms with Crippen molar-refractivity contribution in [2.24, 2.45) is 0 Å².